The fourth-order valence-corrected chi connectivity index (χ4v) is 2.74. The van der Waals surface area contributed by atoms with E-state index in [0.29, 0.717) is 22.8 Å². The number of hydrogen-bond donors (Lipinski definition) is 3. The van der Waals surface area contributed by atoms with E-state index in [1.165, 1.54) is 23.7 Å². The summed E-state index contributed by atoms with van der Waals surface area (Å²) in [6.45, 7) is 0. The maximum atomic E-state index is 12.9. The SMILES string of the molecule is O=C(NO)c1cccc(NC2=Nc3cc(Cl)c(C(F)(F)F)cc3C2)c1. The highest BCUT2D eigenvalue weighted by Gasteiger charge is 2.34. The van der Waals surface area contributed by atoms with Crippen molar-refractivity contribution in [2.45, 2.75) is 12.6 Å². The number of nitrogens with one attached hydrogen (secondary N) is 2. The molecule has 3 rings (SSSR count). The zero-order valence-corrected chi connectivity index (χ0v) is 13.2. The molecule has 1 amide bonds. The van der Waals surface area contributed by atoms with E-state index in [1.807, 2.05) is 0 Å². The van der Waals surface area contributed by atoms with Crippen molar-refractivity contribution in [3.63, 3.8) is 0 Å². The number of hydrogen-bond acceptors (Lipinski definition) is 4. The van der Waals surface area contributed by atoms with Crippen molar-refractivity contribution in [2.75, 3.05) is 5.32 Å². The van der Waals surface area contributed by atoms with Crippen LogP contribution in [0.3, 0.4) is 0 Å². The first-order chi connectivity index (χ1) is 11.8. The molecule has 2 aromatic carbocycles. The smallest absolute Gasteiger partial charge is 0.343 e. The van der Waals surface area contributed by atoms with Gasteiger partial charge in [0.05, 0.1) is 16.3 Å². The number of rotatable bonds is 2. The standard InChI is InChI=1S/C16H11ClF3N3O2/c17-12-7-13-9(5-11(12)16(18,19)20)6-14(22-13)21-10-3-1-2-8(4-10)15(24)23-25/h1-5,7,25H,6H2,(H,21,22)(H,23,24). The second-order valence-electron chi connectivity index (χ2n) is 5.34. The predicted molar refractivity (Wildman–Crippen MR) is 86.6 cm³/mol. The maximum absolute atomic E-state index is 12.9. The summed E-state index contributed by atoms with van der Waals surface area (Å²) in [4.78, 5) is 15.6. The van der Waals surface area contributed by atoms with Crippen LogP contribution in [0.1, 0.15) is 21.5 Å². The first kappa shape index (κ1) is 17.2. The number of halogens is 4. The van der Waals surface area contributed by atoms with E-state index < -0.39 is 22.7 Å². The lowest BCUT2D eigenvalue weighted by Gasteiger charge is -2.10. The van der Waals surface area contributed by atoms with Gasteiger partial charge in [0.25, 0.3) is 5.91 Å². The van der Waals surface area contributed by atoms with E-state index >= 15 is 0 Å². The lowest BCUT2D eigenvalue weighted by molar-refractivity contribution is -0.137. The van der Waals surface area contributed by atoms with Gasteiger partial charge in [0, 0.05) is 17.7 Å². The summed E-state index contributed by atoms with van der Waals surface area (Å²) in [5.74, 6) is -0.256. The van der Waals surface area contributed by atoms with E-state index in [-0.39, 0.29) is 12.0 Å². The van der Waals surface area contributed by atoms with Crippen molar-refractivity contribution in [3.05, 3.63) is 58.1 Å². The molecule has 0 fully saturated rings. The molecule has 0 atom stereocenters. The minimum atomic E-state index is -4.53. The molecule has 0 unspecified atom stereocenters. The molecule has 2 aromatic rings. The van der Waals surface area contributed by atoms with Gasteiger partial charge in [-0.05, 0) is 35.9 Å². The molecule has 0 radical (unpaired) electrons. The monoisotopic (exact) mass is 369 g/mol. The van der Waals surface area contributed by atoms with Crippen LogP contribution in [0.4, 0.5) is 24.5 Å². The van der Waals surface area contributed by atoms with Crippen molar-refractivity contribution in [3.8, 4) is 0 Å². The average Bonchev–Trinajstić information content (AvgIpc) is 2.93. The maximum Gasteiger partial charge on any atom is 0.417 e. The van der Waals surface area contributed by atoms with Crippen molar-refractivity contribution >= 4 is 34.7 Å². The number of anilines is 1. The Hall–Kier alpha value is -2.58. The largest absolute Gasteiger partial charge is 0.417 e. The second-order valence-corrected chi connectivity index (χ2v) is 5.75. The quantitative estimate of drug-likeness (QED) is 0.549. The van der Waals surface area contributed by atoms with E-state index in [4.69, 9.17) is 16.8 Å². The molecule has 0 saturated heterocycles. The molecule has 0 aromatic heterocycles. The van der Waals surface area contributed by atoms with E-state index in [9.17, 15) is 18.0 Å². The van der Waals surface area contributed by atoms with E-state index in [2.05, 4.69) is 10.3 Å². The average molecular weight is 370 g/mol. The summed E-state index contributed by atoms with van der Waals surface area (Å²) < 4.78 is 38.8. The summed E-state index contributed by atoms with van der Waals surface area (Å²) in [7, 11) is 0. The van der Waals surface area contributed by atoms with Crippen LogP contribution < -0.4 is 10.8 Å². The molecule has 1 heterocycles. The van der Waals surface area contributed by atoms with Gasteiger partial charge < -0.3 is 5.32 Å². The Labute approximate surface area is 145 Å². The third-order valence-corrected chi connectivity index (χ3v) is 3.91. The van der Waals surface area contributed by atoms with Crippen LogP contribution in [-0.2, 0) is 12.6 Å². The number of nitrogens with zero attached hydrogens (tertiary/aromatic N) is 1. The summed E-state index contributed by atoms with van der Waals surface area (Å²) >= 11 is 5.69. The second kappa shape index (κ2) is 6.38. The molecule has 3 N–H and O–H groups in total. The normalized spacial score (nSPS) is 13.2. The van der Waals surface area contributed by atoms with Crippen LogP contribution in [0.2, 0.25) is 5.02 Å². The van der Waals surface area contributed by atoms with Gasteiger partial charge in [-0.15, -0.1) is 0 Å². The number of amidine groups is 1. The van der Waals surface area contributed by atoms with E-state index in [0.717, 1.165) is 6.07 Å². The van der Waals surface area contributed by atoms with Crippen LogP contribution in [0.25, 0.3) is 0 Å². The zero-order valence-electron chi connectivity index (χ0n) is 12.5. The lowest BCUT2D eigenvalue weighted by Crippen LogP contribution is -2.19. The Morgan fingerprint density at radius 3 is 2.68 bits per heavy atom. The van der Waals surface area contributed by atoms with Gasteiger partial charge in [0.1, 0.15) is 5.84 Å². The number of carbonyl (C=O) groups excluding carboxylic acids is 1. The summed E-state index contributed by atoms with van der Waals surface area (Å²) in [5.41, 5.74) is 2.12. The van der Waals surface area contributed by atoms with Crippen LogP contribution in [-0.4, -0.2) is 17.0 Å². The highest BCUT2D eigenvalue weighted by molar-refractivity contribution is 6.31. The Morgan fingerprint density at radius 2 is 2.00 bits per heavy atom. The van der Waals surface area contributed by atoms with Crippen LogP contribution >= 0.6 is 11.6 Å². The van der Waals surface area contributed by atoms with Crippen LogP contribution in [0, 0.1) is 0 Å². The Kier molecular flexibility index (Phi) is 4.40. The predicted octanol–water partition coefficient (Wildman–Crippen LogP) is 4.18. The summed E-state index contributed by atoms with van der Waals surface area (Å²) in [6.07, 6.45) is -4.36. The fourth-order valence-electron chi connectivity index (χ4n) is 2.48. The first-order valence-electron chi connectivity index (χ1n) is 7.06. The number of amides is 1. The van der Waals surface area contributed by atoms with Crippen molar-refractivity contribution < 1.29 is 23.2 Å². The third kappa shape index (κ3) is 3.59. The van der Waals surface area contributed by atoms with Gasteiger partial charge in [-0.1, -0.05) is 17.7 Å². The Balaban J connectivity index is 1.82. The van der Waals surface area contributed by atoms with Crippen molar-refractivity contribution in [1.82, 2.24) is 5.48 Å². The van der Waals surface area contributed by atoms with Crippen molar-refractivity contribution in [2.24, 2.45) is 4.99 Å². The number of alkyl halides is 3. The van der Waals surface area contributed by atoms with Gasteiger partial charge in [0.2, 0.25) is 0 Å². The molecule has 0 bridgehead atoms. The summed E-state index contributed by atoms with van der Waals surface area (Å²) in [5, 5.41) is 11.2. The number of carbonyl (C=O) groups is 1. The highest BCUT2D eigenvalue weighted by atomic mass is 35.5. The van der Waals surface area contributed by atoms with Gasteiger partial charge >= 0.3 is 6.18 Å². The molecule has 0 saturated carbocycles. The lowest BCUT2D eigenvalue weighted by atomic mass is 10.1. The summed E-state index contributed by atoms with van der Waals surface area (Å²) in [6, 6.07) is 8.40. The molecule has 0 spiro atoms. The molecule has 1 aliphatic rings. The van der Waals surface area contributed by atoms with Crippen LogP contribution in [0.5, 0.6) is 0 Å². The number of aliphatic imine (C=N–C) groups is 1. The molecule has 1 aliphatic heterocycles. The molecule has 130 valence electrons. The number of hydroxylamine groups is 1. The molecular weight excluding hydrogens is 359 g/mol. The number of benzene rings is 2. The van der Waals surface area contributed by atoms with Crippen molar-refractivity contribution in [1.29, 1.82) is 0 Å². The Bertz CT molecular complexity index is 881. The first-order valence-corrected chi connectivity index (χ1v) is 7.44. The fraction of sp³-hybridized carbons (Fsp3) is 0.125. The zero-order chi connectivity index (χ0) is 18.2. The minimum Gasteiger partial charge on any atom is -0.343 e. The van der Waals surface area contributed by atoms with Crippen LogP contribution in [0.15, 0.2) is 41.4 Å². The minimum absolute atomic E-state index is 0.173. The number of fused-ring (bicyclic) bond motifs is 1. The molecule has 25 heavy (non-hydrogen) atoms. The van der Waals surface area contributed by atoms with Gasteiger partial charge in [-0.3, -0.25) is 10.0 Å². The molecule has 0 aliphatic carbocycles. The topological polar surface area (TPSA) is 73.7 Å². The van der Waals surface area contributed by atoms with Gasteiger partial charge in [0.15, 0.2) is 0 Å². The third-order valence-electron chi connectivity index (χ3n) is 3.60. The molecular formula is C16H11ClF3N3O2. The molecule has 9 heteroatoms. The molecule has 5 nitrogen and oxygen atoms in total. The van der Waals surface area contributed by atoms with E-state index in [1.54, 1.807) is 12.1 Å². The Morgan fingerprint density at radius 1 is 1.24 bits per heavy atom. The highest BCUT2D eigenvalue weighted by Crippen LogP contribution is 2.40. The van der Waals surface area contributed by atoms with Gasteiger partial charge in [-0.25, -0.2) is 10.5 Å². The van der Waals surface area contributed by atoms with Gasteiger partial charge in [-0.2, -0.15) is 13.2 Å².